The van der Waals surface area contributed by atoms with Gasteiger partial charge in [-0.2, -0.15) is 0 Å². The summed E-state index contributed by atoms with van der Waals surface area (Å²) >= 11 is 0. The molecule has 0 bridgehead atoms. The lowest BCUT2D eigenvalue weighted by Crippen LogP contribution is -2.11. The monoisotopic (exact) mass is 263 g/mol. The summed E-state index contributed by atoms with van der Waals surface area (Å²) in [4.78, 5) is 25.2. The predicted molar refractivity (Wildman–Crippen MR) is 65.5 cm³/mol. The number of aromatic amines is 1. The molecule has 2 aromatic rings. The zero-order chi connectivity index (χ0) is 13.8. The van der Waals surface area contributed by atoms with Gasteiger partial charge in [-0.25, -0.2) is 4.68 Å². The number of hydrogen-bond donors (Lipinski definition) is 2. The second-order valence-electron chi connectivity index (χ2n) is 4.12. The number of aryl methyl sites for hydroxylation is 2. The van der Waals surface area contributed by atoms with Crippen LogP contribution in [0.25, 0.3) is 11.4 Å². The number of nitrogens with zero attached hydrogens (tertiary/aromatic N) is 4. The van der Waals surface area contributed by atoms with Gasteiger partial charge in [-0.05, 0) is 23.8 Å². The van der Waals surface area contributed by atoms with E-state index in [1.165, 1.54) is 10.7 Å². The normalized spacial score (nSPS) is 10.6. The second kappa shape index (κ2) is 5.42. The molecule has 2 rings (SSSR count). The van der Waals surface area contributed by atoms with Gasteiger partial charge >= 0.3 is 5.97 Å². The van der Waals surface area contributed by atoms with Crippen molar-refractivity contribution in [3.8, 4) is 11.4 Å². The first kappa shape index (κ1) is 12.9. The smallest absolute Gasteiger partial charge is 0.303 e. The van der Waals surface area contributed by atoms with Crippen LogP contribution in [0.2, 0.25) is 0 Å². The lowest BCUT2D eigenvalue weighted by atomic mass is 10.2. The topological polar surface area (TPSA) is 114 Å². The first-order valence-electron chi connectivity index (χ1n) is 5.75. The van der Waals surface area contributed by atoms with Gasteiger partial charge in [0.15, 0.2) is 11.3 Å². The number of carboxylic acids is 1. The number of carboxylic acid groups (broad SMARTS) is 1. The van der Waals surface area contributed by atoms with E-state index in [-0.39, 0.29) is 11.8 Å². The van der Waals surface area contributed by atoms with Gasteiger partial charge in [0, 0.05) is 30.9 Å². The van der Waals surface area contributed by atoms with Crippen LogP contribution in [-0.4, -0.2) is 36.3 Å². The molecule has 2 N–H and O–H groups in total. The van der Waals surface area contributed by atoms with E-state index < -0.39 is 5.97 Å². The Morgan fingerprint density at radius 3 is 3.00 bits per heavy atom. The van der Waals surface area contributed by atoms with Gasteiger partial charge in [-0.3, -0.25) is 9.59 Å². The number of H-pyrrole nitrogens is 1. The molecule has 8 heteroatoms. The fourth-order valence-electron chi connectivity index (χ4n) is 1.68. The molecule has 0 unspecified atom stereocenters. The van der Waals surface area contributed by atoms with Crippen LogP contribution in [0.4, 0.5) is 0 Å². The van der Waals surface area contributed by atoms with Crippen LogP contribution < -0.4 is 5.43 Å². The van der Waals surface area contributed by atoms with Gasteiger partial charge in [0.05, 0.1) is 5.56 Å². The van der Waals surface area contributed by atoms with Crippen LogP contribution in [-0.2, 0) is 11.3 Å². The third kappa shape index (κ3) is 3.03. The number of pyridine rings is 1. The molecule has 100 valence electrons. The van der Waals surface area contributed by atoms with Gasteiger partial charge in [0.1, 0.15) is 0 Å². The standard InChI is InChI=1S/C11H13N5O3/c1-7-5-9(17)8(6-12-7)11-13-14-15-16(11)4-2-3-10(18)19/h5-6H,2-4H2,1H3,(H,12,17)(H,18,19). The average molecular weight is 263 g/mol. The van der Waals surface area contributed by atoms with Crippen molar-refractivity contribution < 1.29 is 9.90 Å². The first-order chi connectivity index (χ1) is 9.08. The maximum absolute atomic E-state index is 11.8. The second-order valence-corrected chi connectivity index (χ2v) is 4.12. The molecular formula is C11H13N5O3. The van der Waals surface area contributed by atoms with E-state index in [0.29, 0.717) is 24.4 Å². The van der Waals surface area contributed by atoms with E-state index in [1.54, 1.807) is 13.1 Å². The maximum atomic E-state index is 11.8. The highest BCUT2D eigenvalue weighted by molar-refractivity contribution is 5.66. The maximum Gasteiger partial charge on any atom is 0.303 e. The molecule has 2 aromatic heterocycles. The molecule has 0 aliphatic rings. The Morgan fingerprint density at radius 2 is 2.32 bits per heavy atom. The molecule has 8 nitrogen and oxygen atoms in total. The fourth-order valence-corrected chi connectivity index (χ4v) is 1.68. The highest BCUT2D eigenvalue weighted by Crippen LogP contribution is 2.10. The average Bonchev–Trinajstić information content (AvgIpc) is 2.77. The summed E-state index contributed by atoms with van der Waals surface area (Å²) in [6, 6.07) is 1.46. The van der Waals surface area contributed by atoms with Crippen molar-refractivity contribution >= 4 is 5.97 Å². The zero-order valence-electron chi connectivity index (χ0n) is 10.3. The van der Waals surface area contributed by atoms with Gasteiger partial charge in [0.25, 0.3) is 0 Å². The summed E-state index contributed by atoms with van der Waals surface area (Å²) < 4.78 is 1.43. The van der Waals surface area contributed by atoms with Crippen LogP contribution in [0.1, 0.15) is 18.5 Å². The van der Waals surface area contributed by atoms with Crippen molar-refractivity contribution in [1.82, 2.24) is 25.2 Å². The lowest BCUT2D eigenvalue weighted by molar-refractivity contribution is -0.137. The van der Waals surface area contributed by atoms with Crippen molar-refractivity contribution in [2.75, 3.05) is 0 Å². The van der Waals surface area contributed by atoms with E-state index in [1.807, 2.05) is 0 Å². The number of rotatable bonds is 5. The number of aromatic nitrogens is 5. The highest BCUT2D eigenvalue weighted by atomic mass is 16.4. The SMILES string of the molecule is Cc1cc(=O)c(-c2nnnn2CCCC(=O)O)c[nH]1. The summed E-state index contributed by atoms with van der Waals surface area (Å²) in [7, 11) is 0. The Balaban J connectivity index is 2.23. The largest absolute Gasteiger partial charge is 0.481 e. The molecular weight excluding hydrogens is 250 g/mol. The number of hydrogen-bond acceptors (Lipinski definition) is 5. The predicted octanol–water partition coefficient (Wildman–Crippen LogP) is 0.202. The highest BCUT2D eigenvalue weighted by Gasteiger charge is 2.12. The first-order valence-corrected chi connectivity index (χ1v) is 5.75. The van der Waals surface area contributed by atoms with Gasteiger partial charge < -0.3 is 10.1 Å². The van der Waals surface area contributed by atoms with E-state index in [4.69, 9.17) is 5.11 Å². The Morgan fingerprint density at radius 1 is 1.53 bits per heavy atom. The van der Waals surface area contributed by atoms with Crippen molar-refractivity contribution in [1.29, 1.82) is 0 Å². The van der Waals surface area contributed by atoms with Crippen LogP contribution in [0.15, 0.2) is 17.1 Å². The number of carbonyl (C=O) groups is 1. The summed E-state index contributed by atoms with van der Waals surface area (Å²) in [6.07, 6.45) is 1.98. The summed E-state index contributed by atoms with van der Waals surface area (Å²) in [5, 5.41) is 19.7. The lowest BCUT2D eigenvalue weighted by Gasteiger charge is -2.03. The molecule has 0 saturated heterocycles. The summed E-state index contributed by atoms with van der Waals surface area (Å²) in [5.41, 5.74) is 0.940. The van der Waals surface area contributed by atoms with Gasteiger partial charge in [-0.1, -0.05) is 0 Å². The molecule has 0 fully saturated rings. The van der Waals surface area contributed by atoms with E-state index >= 15 is 0 Å². The van der Waals surface area contributed by atoms with Gasteiger partial charge in [-0.15, -0.1) is 5.10 Å². The summed E-state index contributed by atoms with van der Waals surface area (Å²) in [6.45, 7) is 2.13. The van der Waals surface area contributed by atoms with E-state index in [9.17, 15) is 9.59 Å². The van der Waals surface area contributed by atoms with Crippen molar-refractivity contribution in [2.45, 2.75) is 26.3 Å². The third-order valence-corrected chi connectivity index (χ3v) is 2.59. The van der Waals surface area contributed by atoms with Crippen molar-refractivity contribution in [2.24, 2.45) is 0 Å². The molecule has 0 spiro atoms. The van der Waals surface area contributed by atoms with Crippen molar-refractivity contribution in [3.63, 3.8) is 0 Å². The molecule has 2 heterocycles. The van der Waals surface area contributed by atoms with Crippen molar-refractivity contribution in [3.05, 3.63) is 28.2 Å². The van der Waals surface area contributed by atoms with E-state index in [0.717, 1.165) is 5.69 Å². The number of nitrogens with one attached hydrogen (secondary N) is 1. The minimum Gasteiger partial charge on any atom is -0.481 e. The van der Waals surface area contributed by atoms with Gasteiger partial charge in [0.2, 0.25) is 0 Å². The van der Waals surface area contributed by atoms with Crippen LogP contribution in [0, 0.1) is 6.92 Å². The van der Waals surface area contributed by atoms with Crippen LogP contribution in [0.3, 0.4) is 0 Å². The zero-order valence-corrected chi connectivity index (χ0v) is 10.3. The molecule has 0 radical (unpaired) electrons. The molecule has 0 amide bonds. The minimum absolute atomic E-state index is 0.0313. The number of aliphatic carboxylic acids is 1. The Hall–Kier alpha value is -2.51. The van der Waals surface area contributed by atoms with Crippen LogP contribution >= 0.6 is 0 Å². The quantitative estimate of drug-likeness (QED) is 0.796. The molecule has 0 aliphatic carbocycles. The molecule has 0 aromatic carbocycles. The third-order valence-electron chi connectivity index (χ3n) is 2.59. The minimum atomic E-state index is -0.872. The fraction of sp³-hybridized carbons (Fsp3) is 0.364. The molecule has 19 heavy (non-hydrogen) atoms. The van der Waals surface area contributed by atoms with Crippen LogP contribution in [0.5, 0.6) is 0 Å². The van der Waals surface area contributed by atoms with E-state index in [2.05, 4.69) is 20.5 Å². The summed E-state index contributed by atoms with van der Waals surface area (Å²) in [5.74, 6) is -0.533. The molecule has 0 saturated carbocycles. The molecule has 0 aliphatic heterocycles. The Kier molecular flexibility index (Phi) is 3.69. The number of tetrazole rings is 1. The Bertz CT molecular complexity index is 646. The Labute approximate surface area is 108 Å². The molecule has 0 atom stereocenters.